The highest BCUT2D eigenvalue weighted by Gasteiger charge is 2.05. The van der Waals surface area contributed by atoms with Gasteiger partial charge in [-0.2, -0.15) is 0 Å². The van der Waals surface area contributed by atoms with Crippen molar-refractivity contribution in [2.75, 3.05) is 19.6 Å². The SMILES string of the molecule is C#CCCCN(CC)CC(=O)O. The van der Waals surface area contributed by atoms with Gasteiger partial charge < -0.3 is 5.11 Å². The second-order valence-electron chi connectivity index (χ2n) is 2.57. The fourth-order valence-corrected chi connectivity index (χ4v) is 0.945. The predicted molar refractivity (Wildman–Crippen MR) is 47.8 cm³/mol. The Balaban J connectivity index is 3.54. The van der Waals surface area contributed by atoms with Crippen LogP contribution < -0.4 is 0 Å². The van der Waals surface area contributed by atoms with Gasteiger partial charge in [0, 0.05) is 6.42 Å². The Morgan fingerprint density at radius 2 is 2.33 bits per heavy atom. The maximum atomic E-state index is 10.3. The molecule has 0 aromatic carbocycles. The zero-order valence-electron chi connectivity index (χ0n) is 7.42. The number of carboxylic acid groups (broad SMARTS) is 1. The zero-order valence-corrected chi connectivity index (χ0v) is 7.42. The molecule has 0 unspecified atom stereocenters. The minimum Gasteiger partial charge on any atom is -0.480 e. The van der Waals surface area contributed by atoms with Crippen molar-refractivity contribution < 1.29 is 9.90 Å². The van der Waals surface area contributed by atoms with Crippen molar-refractivity contribution >= 4 is 5.97 Å². The van der Waals surface area contributed by atoms with Gasteiger partial charge in [0.1, 0.15) is 0 Å². The van der Waals surface area contributed by atoms with Crippen molar-refractivity contribution in [3.63, 3.8) is 0 Å². The van der Waals surface area contributed by atoms with E-state index >= 15 is 0 Å². The number of nitrogens with zero attached hydrogens (tertiary/aromatic N) is 1. The fraction of sp³-hybridized carbons (Fsp3) is 0.667. The molecule has 12 heavy (non-hydrogen) atoms. The van der Waals surface area contributed by atoms with Crippen molar-refractivity contribution in [2.45, 2.75) is 19.8 Å². The molecule has 68 valence electrons. The largest absolute Gasteiger partial charge is 0.480 e. The molecule has 0 atom stereocenters. The van der Waals surface area contributed by atoms with E-state index in [9.17, 15) is 4.79 Å². The van der Waals surface area contributed by atoms with Crippen LogP contribution in [0.3, 0.4) is 0 Å². The first-order valence-corrected chi connectivity index (χ1v) is 4.08. The van der Waals surface area contributed by atoms with Crippen molar-refractivity contribution in [1.29, 1.82) is 0 Å². The van der Waals surface area contributed by atoms with Gasteiger partial charge in [-0.05, 0) is 19.5 Å². The van der Waals surface area contributed by atoms with Crippen molar-refractivity contribution in [1.82, 2.24) is 4.90 Å². The Morgan fingerprint density at radius 1 is 1.67 bits per heavy atom. The number of carboxylic acids is 1. The zero-order chi connectivity index (χ0) is 9.40. The van der Waals surface area contributed by atoms with Gasteiger partial charge in [0.25, 0.3) is 0 Å². The number of hydrogen-bond acceptors (Lipinski definition) is 2. The summed E-state index contributed by atoms with van der Waals surface area (Å²) in [4.78, 5) is 12.2. The average Bonchev–Trinajstić information content (AvgIpc) is 2.02. The summed E-state index contributed by atoms with van der Waals surface area (Å²) in [6.07, 6.45) is 6.66. The Labute approximate surface area is 73.4 Å². The summed E-state index contributed by atoms with van der Waals surface area (Å²) >= 11 is 0. The van der Waals surface area contributed by atoms with Crippen molar-refractivity contribution in [3.05, 3.63) is 0 Å². The molecule has 3 heteroatoms. The van der Waals surface area contributed by atoms with Crippen LogP contribution in [0.5, 0.6) is 0 Å². The first-order chi connectivity index (χ1) is 5.70. The van der Waals surface area contributed by atoms with E-state index in [2.05, 4.69) is 5.92 Å². The minimum absolute atomic E-state index is 0.112. The molecule has 0 heterocycles. The summed E-state index contributed by atoms with van der Waals surface area (Å²) in [6.45, 7) is 3.59. The molecule has 0 spiro atoms. The molecular weight excluding hydrogens is 154 g/mol. The van der Waals surface area contributed by atoms with Crippen LogP contribution in [0.15, 0.2) is 0 Å². The lowest BCUT2D eigenvalue weighted by Gasteiger charge is -2.16. The van der Waals surface area contributed by atoms with E-state index < -0.39 is 5.97 Å². The second-order valence-corrected chi connectivity index (χ2v) is 2.57. The van der Waals surface area contributed by atoms with E-state index in [1.807, 2.05) is 11.8 Å². The van der Waals surface area contributed by atoms with Crippen LogP contribution in [-0.4, -0.2) is 35.6 Å². The number of hydrogen-bond donors (Lipinski definition) is 1. The minimum atomic E-state index is -0.780. The van der Waals surface area contributed by atoms with Crippen LogP contribution in [0.4, 0.5) is 0 Å². The number of rotatable bonds is 6. The number of likely N-dealkylation sites (N-methyl/N-ethyl adjacent to an activating group) is 1. The molecule has 0 amide bonds. The average molecular weight is 169 g/mol. The van der Waals surface area contributed by atoms with Crippen LogP contribution in [0.1, 0.15) is 19.8 Å². The summed E-state index contributed by atoms with van der Waals surface area (Å²) in [7, 11) is 0. The predicted octanol–water partition coefficient (Wildman–Crippen LogP) is 0.806. The van der Waals surface area contributed by atoms with Crippen molar-refractivity contribution in [3.8, 4) is 12.3 Å². The molecule has 0 bridgehead atoms. The van der Waals surface area contributed by atoms with E-state index in [-0.39, 0.29) is 6.54 Å². The molecule has 0 aliphatic heterocycles. The van der Waals surface area contributed by atoms with Gasteiger partial charge in [-0.1, -0.05) is 6.92 Å². The molecule has 0 aliphatic carbocycles. The van der Waals surface area contributed by atoms with Crippen LogP contribution in [0, 0.1) is 12.3 Å². The topological polar surface area (TPSA) is 40.5 Å². The monoisotopic (exact) mass is 169 g/mol. The highest BCUT2D eigenvalue weighted by Crippen LogP contribution is 1.93. The molecule has 0 rings (SSSR count). The van der Waals surface area contributed by atoms with Gasteiger partial charge in [-0.3, -0.25) is 9.69 Å². The molecule has 0 aliphatic rings. The summed E-state index contributed by atoms with van der Waals surface area (Å²) in [6, 6.07) is 0. The van der Waals surface area contributed by atoms with Gasteiger partial charge >= 0.3 is 5.97 Å². The fourth-order valence-electron chi connectivity index (χ4n) is 0.945. The number of unbranched alkanes of at least 4 members (excludes halogenated alkanes) is 1. The maximum absolute atomic E-state index is 10.3. The molecule has 0 aromatic heterocycles. The Bertz CT molecular complexity index is 172. The maximum Gasteiger partial charge on any atom is 0.317 e. The second kappa shape index (κ2) is 6.68. The Morgan fingerprint density at radius 3 is 2.75 bits per heavy atom. The van der Waals surface area contributed by atoms with Gasteiger partial charge in [-0.15, -0.1) is 12.3 Å². The standard InChI is InChI=1S/C9H15NO2/c1-3-5-6-7-10(4-2)8-9(11)12/h1H,4-8H2,2H3,(H,11,12). The lowest BCUT2D eigenvalue weighted by Crippen LogP contribution is -2.30. The van der Waals surface area contributed by atoms with Gasteiger partial charge in [0.2, 0.25) is 0 Å². The normalized spacial score (nSPS) is 9.75. The van der Waals surface area contributed by atoms with E-state index in [1.54, 1.807) is 0 Å². The van der Waals surface area contributed by atoms with E-state index in [0.29, 0.717) is 0 Å². The van der Waals surface area contributed by atoms with E-state index in [4.69, 9.17) is 11.5 Å². The molecule has 0 saturated carbocycles. The summed E-state index contributed by atoms with van der Waals surface area (Å²) in [5, 5.41) is 8.49. The van der Waals surface area contributed by atoms with Gasteiger partial charge in [0.15, 0.2) is 0 Å². The van der Waals surface area contributed by atoms with Crippen LogP contribution in [0.25, 0.3) is 0 Å². The molecule has 3 nitrogen and oxygen atoms in total. The van der Waals surface area contributed by atoms with E-state index in [1.165, 1.54) is 0 Å². The molecular formula is C9H15NO2. The van der Waals surface area contributed by atoms with Crippen LogP contribution in [0.2, 0.25) is 0 Å². The molecule has 1 N–H and O–H groups in total. The third kappa shape index (κ3) is 5.75. The first kappa shape index (κ1) is 11.0. The highest BCUT2D eigenvalue weighted by atomic mass is 16.4. The molecule has 0 radical (unpaired) electrons. The summed E-state index contributed by atoms with van der Waals surface area (Å²) in [5.41, 5.74) is 0. The molecule has 0 aromatic rings. The third-order valence-corrected chi connectivity index (χ3v) is 1.60. The summed E-state index contributed by atoms with van der Waals surface area (Å²) in [5.74, 6) is 1.75. The lowest BCUT2D eigenvalue weighted by molar-refractivity contribution is -0.138. The summed E-state index contributed by atoms with van der Waals surface area (Å²) < 4.78 is 0. The Hall–Kier alpha value is -1.01. The number of carbonyl (C=O) groups is 1. The quantitative estimate of drug-likeness (QED) is 0.472. The van der Waals surface area contributed by atoms with Gasteiger partial charge in [-0.25, -0.2) is 0 Å². The Kier molecular flexibility index (Phi) is 6.12. The first-order valence-electron chi connectivity index (χ1n) is 4.08. The number of terminal acetylenes is 1. The lowest BCUT2D eigenvalue weighted by atomic mass is 10.3. The third-order valence-electron chi connectivity index (χ3n) is 1.60. The van der Waals surface area contributed by atoms with Gasteiger partial charge in [0.05, 0.1) is 6.54 Å². The molecule has 0 fully saturated rings. The van der Waals surface area contributed by atoms with Crippen LogP contribution >= 0.6 is 0 Å². The van der Waals surface area contributed by atoms with Crippen molar-refractivity contribution in [2.24, 2.45) is 0 Å². The van der Waals surface area contributed by atoms with E-state index in [0.717, 1.165) is 25.9 Å². The number of aliphatic carboxylic acids is 1. The molecule has 0 saturated heterocycles. The highest BCUT2D eigenvalue weighted by molar-refractivity contribution is 5.69. The van der Waals surface area contributed by atoms with Crippen LogP contribution in [-0.2, 0) is 4.79 Å². The smallest absolute Gasteiger partial charge is 0.317 e.